The van der Waals surface area contributed by atoms with Crippen molar-refractivity contribution in [3.8, 4) is 5.75 Å². The molecule has 27 heavy (non-hydrogen) atoms. The Morgan fingerprint density at radius 1 is 1.04 bits per heavy atom. The number of nitrogens with zero attached hydrogens (tertiary/aromatic N) is 2. The molecule has 6 heteroatoms. The van der Waals surface area contributed by atoms with Crippen LogP contribution in [0.5, 0.6) is 5.75 Å². The molecule has 0 aromatic heterocycles. The van der Waals surface area contributed by atoms with Crippen LogP contribution in [0.2, 0.25) is 0 Å². The molecule has 0 atom stereocenters. The van der Waals surface area contributed by atoms with Crippen LogP contribution in [-0.2, 0) is 4.79 Å². The van der Waals surface area contributed by atoms with E-state index < -0.39 is 0 Å². The lowest BCUT2D eigenvalue weighted by atomic mass is 9.89. The van der Waals surface area contributed by atoms with E-state index in [1.807, 2.05) is 4.90 Å². The van der Waals surface area contributed by atoms with Crippen LogP contribution in [0.3, 0.4) is 0 Å². The standard InChI is InChI=1S/C21H31N3O3/c1-27-19-9-7-18(8-10-19)21(26)24-13-11-23(12-14-24)16-20(25)22-15-17-5-3-2-4-6-17/h7-10,17H,2-6,11-16H2,1H3,(H,22,25). The van der Waals surface area contributed by atoms with Gasteiger partial charge >= 0.3 is 0 Å². The summed E-state index contributed by atoms with van der Waals surface area (Å²) in [6, 6.07) is 7.21. The van der Waals surface area contributed by atoms with Gasteiger partial charge in [0.1, 0.15) is 5.75 Å². The minimum atomic E-state index is 0.0408. The largest absolute Gasteiger partial charge is 0.497 e. The Hall–Kier alpha value is -2.08. The summed E-state index contributed by atoms with van der Waals surface area (Å²) in [5.74, 6) is 1.55. The zero-order valence-corrected chi connectivity index (χ0v) is 16.3. The summed E-state index contributed by atoms with van der Waals surface area (Å²) in [7, 11) is 1.61. The lowest BCUT2D eigenvalue weighted by Crippen LogP contribution is -2.51. The van der Waals surface area contributed by atoms with E-state index in [0.29, 0.717) is 31.1 Å². The van der Waals surface area contributed by atoms with E-state index in [9.17, 15) is 9.59 Å². The van der Waals surface area contributed by atoms with E-state index in [4.69, 9.17) is 4.74 Å². The first-order valence-electron chi connectivity index (χ1n) is 10.1. The maximum absolute atomic E-state index is 12.6. The number of methoxy groups -OCH3 is 1. The number of benzene rings is 1. The van der Waals surface area contributed by atoms with Gasteiger partial charge in [-0.15, -0.1) is 0 Å². The minimum Gasteiger partial charge on any atom is -0.497 e. The molecule has 1 N–H and O–H groups in total. The van der Waals surface area contributed by atoms with E-state index in [-0.39, 0.29) is 11.8 Å². The van der Waals surface area contributed by atoms with Crippen molar-refractivity contribution >= 4 is 11.8 Å². The number of carbonyl (C=O) groups excluding carboxylic acids is 2. The third-order valence-electron chi connectivity index (χ3n) is 5.68. The maximum atomic E-state index is 12.6. The zero-order valence-electron chi connectivity index (χ0n) is 16.3. The molecule has 1 aliphatic heterocycles. The Bertz CT molecular complexity index is 618. The molecule has 0 bridgehead atoms. The third-order valence-corrected chi connectivity index (χ3v) is 5.68. The van der Waals surface area contributed by atoms with E-state index in [2.05, 4.69) is 10.2 Å². The van der Waals surface area contributed by atoms with Gasteiger partial charge < -0.3 is 15.0 Å². The van der Waals surface area contributed by atoms with Crippen molar-refractivity contribution in [1.82, 2.24) is 15.1 Å². The Balaban J connectivity index is 1.38. The molecule has 1 heterocycles. The number of rotatable bonds is 6. The summed E-state index contributed by atoms with van der Waals surface area (Å²) in [4.78, 5) is 28.8. The highest BCUT2D eigenvalue weighted by Gasteiger charge is 2.23. The van der Waals surface area contributed by atoms with Gasteiger partial charge in [0.2, 0.25) is 5.91 Å². The van der Waals surface area contributed by atoms with Crippen molar-refractivity contribution in [2.24, 2.45) is 5.92 Å². The van der Waals surface area contributed by atoms with Gasteiger partial charge in [-0.05, 0) is 43.0 Å². The van der Waals surface area contributed by atoms with Crippen molar-refractivity contribution in [2.75, 3.05) is 46.4 Å². The molecule has 2 amide bonds. The molecule has 148 valence electrons. The number of carbonyl (C=O) groups is 2. The monoisotopic (exact) mass is 373 g/mol. The van der Waals surface area contributed by atoms with Gasteiger partial charge in [-0.2, -0.15) is 0 Å². The molecule has 1 saturated heterocycles. The minimum absolute atomic E-state index is 0.0408. The summed E-state index contributed by atoms with van der Waals surface area (Å²) >= 11 is 0. The second kappa shape index (κ2) is 9.74. The van der Waals surface area contributed by atoms with E-state index in [0.717, 1.165) is 25.4 Å². The zero-order chi connectivity index (χ0) is 19.1. The topological polar surface area (TPSA) is 61.9 Å². The predicted octanol–water partition coefficient (Wildman–Crippen LogP) is 2.15. The molecule has 0 radical (unpaired) electrons. The van der Waals surface area contributed by atoms with E-state index in [1.54, 1.807) is 31.4 Å². The second-order valence-electron chi connectivity index (χ2n) is 7.60. The molecule has 6 nitrogen and oxygen atoms in total. The summed E-state index contributed by atoms with van der Waals surface area (Å²) in [6.45, 7) is 4.02. The van der Waals surface area contributed by atoms with Gasteiger partial charge in [0.05, 0.1) is 13.7 Å². The van der Waals surface area contributed by atoms with Crippen molar-refractivity contribution in [3.05, 3.63) is 29.8 Å². The SMILES string of the molecule is COc1ccc(C(=O)N2CCN(CC(=O)NCC3CCCCC3)CC2)cc1. The van der Waals surface area contributed by atoms with E-state index >= 15 is 0 Å². The van der Waals surface area contributed by atoms with Gasteiger partial charge in [-0.25, -0.2) is 0 Å². The van der Waals surface area contributed by atoms with Crippen LogP contribution in [-0.4, -0.2) is 68.0 Å². The normalized spacial score (nSPS) is 18.9. The predicted molar refractivity (Wildman–Crippen MR) is 105 cm³/mol. The molecule has 1 aromatic carbocycles. The molecular weight excluding hydrogens is 342 g/mol. The first kappa shape index (κ1) is 19.7. The fourth-order valence-corrected chi connectivity index (χ4v) is 3.93. The highest BCUT2D eigenvalue weighted by atomic mass is 16.5. The summed E-state index contributed by atoms with van der Waals surface area (Å²) < 4.78 is 5.13. The number of ether oxygens (including phenoxy) is 1. The molecular formula is C21H31N3O3. The van der Waals surface area contributed by atoms with Crippen LogP contribution in [0.15, 0.2) is 24.3 Å². The third kappa shape index (κ3) is 5.70. The first-order chi connectivity index (χ1) is 13.2. The fourth-order valence-electron chi connectivity index (χ4n) is 3.93. The Morgan fingerprint density at radius 2 is 1.70 bits per heavy atom. The van der Waals surface area contributed by atoms with Crippen LogP contribution in [0.25, 0.3) is 0 Å². The highest BCUT2D eigenvalue weighted by Crippen LogP contribution is 2.22. The fraction of sp³-hybridized carbons (Fsp3) is 0.619. The Kier molecular flexibility index (Phi) is 7.10. The van der Waals surface area contributed by atoms with Gasteiger partial charge in [0, 0.05) is 38.3 Å². The van der Waals surface area contributed by atoms with Crippen LogP contribution in [0, 0.1) is 5.92 Å². The van der Waals surface area contributed by atoms with E-state index in [1.165, 1.54) is 32.1 Å². The van der Waals surface area contributed by atoms with Crippen molar-refractivity contribution < 1.29 is 14.3 Å². The first-order valence-corrected chi connectivity index (χ1v) is 10.1. The van der Waals surface area contributed by atoms with Gasteiger partial charge in [0.25, 0.3) is 5.91 Å². The quantitative estimate of drug-likeness (QED) is 0.830. The van der Waals surface area contributed by atoms with Crippen LogP contribution in [0.1, 0.15) is 42.5 Å². The lowest BCUT2D eigenvalue weighted by Gasteiger charge is -2.34. The molecule has 1 aliphatic carbocycles. The summed E-state index contributed by atoms with van der Waals surface area (Å²) in [5, 5.41) is 3.10. The number of hydrogen-bond acceptors (Lipinski definition) is 4. The van der Waals surface area contributed by atoms with Crippen molar-refractivity contribution in [2.45, 2.75) is 32.1 Å². The number of amides is 2. The van der Waals surface area contributed by atoms with Crippen LogP contribution >= 0.6 is 0 Å². The Morgan fingerprint density at radius 3 is 2.33 bits per heavy atom. The number of nitrogens with one attached hydrogen (secondary N) is 1. The molecule has 0 unspecified atom stereocenters. The number of piperazine rings is 1. The highest BCUT2D eigenvalue weighted by molar-refractivity contribution is 5.94. The molecule has 1 aromatic rings. The smallest absolute Gasteiger partial charge is 0.253 e. The summed E-state index contributed by atoms with van der Waals surface area (Å²) in [5.41, 5.74) is 0.675. The van der Waals surface area contributed by atoms with Crippen LogP contribution in [0.4, 0.5) is 0 Å². The average molecular weight is 373 g/mol. The van der Waals surface area contributed by atoms with Crippen LogP contribution < -0.4 is 10.1 Å². The molecule has 3 rings (SSSR count). The van der Waals surface area contributed by atoms with Crippen molar-refractivity contribution in [3.63, 3.8) is 0 Å². The van der Waals surface area contributed by atoms with Crippen molar-refractivity contribution in [1.29, 1.82) is 0 Å². The Labute approximate surface area is 161 Å². The average Bonchev–Trinajstić information content (AvgIpc) is 2.73. The maximum Gasteiger partial charge on any atom is 0.253 e. The molecule has 2 aliphatic rings. The number of hydrogen-bond donors (Lipinski definition) is 1. The van der Waals surface area contributed by atoms with Gasteiger partial charge in [-0.1, -0.05) is 19.3 Å². The molecule has 2 fully saturated rings. The summed E-state index contributed by atoms with van der Waals surface area (Å²) in [6.07, 6.45) is 6.41. The van der Waals surface area contributed by atoms with Gasteiger partial charge in [-0.3, -0.25) is 14.5 Å². The van der Waals surface area contributed by atoms with Gasteiger partial charge in [0.15, 0.2) is 0 Å². The second-order valence-corrected chi connectivity index (χ2v) is 7.60. The lowest BCUT2D eigenvalue weighted by molar-refractivity contribution is -0.122. The molecule has 0 spiro atoms. The molecule has 1 saturated carbocycles.